The molecule has 90 valence electrons. The summed E-state index contributed by atoms with van der Waals surface area (Å²) in [6, 6.07) is 2.85. The van der Waals surface area contributed by atoms with Crippen LogP contribution in [0, 0.1) is 0 Å². The van der Waals surface area contributed by atoms with E-state index in [4.69, 9.17) is 0 Å². The van der Waals surface area contributed by atoms with Crippen molar-refractivity contribution in [1.29, 1.82) is 0 Å². The molecule has 0 bridgehead atoms. The number of rotatable bonds is 2. The van der Waals surface area contributed by atoms with Crippen molar-refractivity contribution in [2.24, 2.45) is 0 Å². The zero-order valence-corrected chi connectivity index (χ0v) is 12.5. The first-order chi connectivity index (χ1) is 7.46. The SMILES string of the molecule is CC1CNC(C)(C)CN1Cc1cc(Br)cs1. The van der Waals surface area contributed by atoms with Crippen molar-refractivity contribution in [2.75, 3.05) is 13.1 Å². The molecule has 1 saturated heterocycles. The molecule has 4 heteroatoms. The van der Waals surface area contributed by atoms with E-state index in [1.165, 1.54) is 9.35 Å². The Morgan fingerprint density at radius 2 is 2.38 bits per heavy atom. The second kappa shape index (κ2) is 4.77. The molecule has 16 heavy (non-hydrogen) atoms. The minimum atomic E-state index is 0.237. The molecule has 2 heterocycles. The first-order valence-electron chi connectivity index (χ1n) is 5.68. The number of hydrogen-bond donors (Lipinski definition) is 1. The summed E-state index contributed by atoms with van der Waals surface area (Å²) in [6.45, 7) is 10.1. The Morgan fingerprint density at radius 3 is 3.00 bits per heavy atom. The first-order valence-corrected chi connectivity index (χ1v) is 7.35. The fourth-order valence-electron chi connectivity index (χ4n) is 2.12. The van der Waals surface area contributed by atoms with E-state index in [9.17, 15) is 0 Å². The van der Waals surface area contributed by atoms with E-state index in [2.05, 4.69) is 58.4 Å². The van der Waals surface area contributed by atoms with Gasteiger partial charge in [0.1, 0.15) is 0 Å². The molecule has 1 aromatic rings. The second-order valence-corrected chi connectivity index (χ2v) is 7.16. The van der Waals surface area contributed by atoms with Gasteiger partial charge in [0.25, 0.3) is 0 Å². The van der Waals surface area contributed by atoms with E-state index in [1.807, 2.05) is 11.3 Å². The molecule has 1 N–H and O–H groups in total. The lowest BCUT2D eigenvalue weighted by Gasteiger charge is -2.43. The van der Waals surface area contributed by atoms with Gasteiger partial charge in [0.05, 0.1) is 0 Å². The number of nitrogens with zero attached hydrogens (tertiary/aromatic N) is 1. The van der Waals surface area contributed by atoms with Crippen molar-refractivity contribution < 1.29 is 0 Å². The molecule has 0 aromatic carbocycles. The molecule has 1 aliphatic heterocycles. The number of thiophene rings is 1. The van der Waals surface area contributed by atoms with E-state index >= 15 is 0 Å². The van der Waals surface area contributed by atoms with Crippen LogP contribution in [0.5, 0.6) is 0 Å². The van der Waals surface area contributed by atoms with Crippen molar-refractivity contribution >= 4 is 27.3 Å². The summed E-state index contributed by atoms with van der Waals surface area (Å²) in [7, 11) is 0. The standard InChI is InChI=1S/C12H19BrN2S/c1-9-5-14-12(2,3)8-15(9)6-11-4-10(13)7-16-11/h4,7,9,14H,5-6,8H2,1-3H3. The molecule has 1 atom stereocenters. The highest BCUT2D eigenvalue weighted by Gasteiger charge is 2.30. The van der Waals surface area contributed by atoms with Gasteiger partial charge < -0.3 is 5.32 Å². The third kappa shape index (κ3) is 3.06. The van der Waals surface area contributed by atoms with Crippen LogP contribution in [0.25, 0.3) is 0 Å². The van der Waals surface area contributed by atoms with Gasteiger partial charge in [-0.1, -0.05) is 0 Å². The molecule has 1 fully saturated rings. The Labute approximate surface area is 110 Å². The van der Waals surface area contributed by atoms with E-state index in [-0.39, 0.29) is 5.54 Å². The summed E-state index contributed by atoms with van der Waals surface area (Å²) in [6.07, 6.45) is 0. The molecular formula is C12H19BrN2S. The zero-order chi connectivity index (χ0) is 11.8. The normalized spacial score (nSPS) is 25.9. The quantitative estimate of drug-likeness (QED) is 0.903. The van der Waals surface area contributed by atoms with Gasteiger partial charge in [0.2, 0.25) is 0 Å². The zero-order valence-electron chi connectivity index (χ0n) is 10.1. The summed E-state index contributed by atoms with van der Waals surface area (Å²) < 4.78 is 1.20. The van der Waals surface area contributed by atoms with Crippen molar-refractivity contribution in [1.82, 2.24) is 10.2 Å². The monoisotopic (exact) mass is 302 g/mol. The summed E-state index contributed by atoms with van der Waals surface area (Å²) >= 11 is 5.35. The predicted molar refractivity (Wildman–Crippen MR) is 74.0 cm³/mol. The van der Waals surface area contributed by atoms with Crippen molar-refractivity contribution in [2.45, 2.75) is 38.9 Å². The maximum Gasteiger partial charge on any atom is 0.0332 e. The first kappa shape index (κ1) is 12.6. The summed E-state index contributed by atoms with van der Waals surface area (Å²) in [5.74, 6) is 0. The summed E-state index contributed by atoms with van der Waals surface area (Å²) in [4.78, 5) is 4.01. The van der Waals surface area contributed by atoms with Crippen molar-refractivity contribution in [3.63, 3.8) is 0 Å². The van der Waals surface area contributed by atoms with E-state index in [1.54, 1.807) is 0 Å². The molecule has 0 aliphatic carbocycles. The van der Waals surface area contributed by atoms with Crippen LogP contribution in [-0.2, 0) is 6.54 Å². The van der Waals surface area contributed by atoms with Crippen molar-refractivity contribution in [3.05, 3.63) is 20.8 Å². The largest absolute Gasteiger partial charge is 0.309 e. The number of halogens is 1. The molecule has 0 radical (unpaired) electrons. The maximum atomic E-state index is 3.58. The van der Waals surface area contributed by atoms with Crippen LogP contribution in [-0.4, -0.2) is 29.6 Å². The van der Waals surface area contributed by atoms with Crippen LogP contribution < -0.4 is 5.32 Å². The van der Waals surface area contributed by atoms with Crippen LogP contribution in [0.2, 0.25) is 0 Å². The van der Waals surface area contributed by atoms with Crippen molar-refractivity contribution in [3.8, 4) is 0 Å². The highest BCUT2D eigenvalue weighted by atomic mass is 79.9. The van der Waals surface area contributed by atoms with Gasteiger partial charge in [-0.15, -0.1) is 11.3 Å². The van der Waals surface area contributed by atoms with Crippen LogP contribution in [0.1, 0.15) is 25.6 Å². The molecule has 1 aromatic heterocycles. The van der Waals surface area contributed by atoms with Crippen LogP contribution in [0.3, 0.4) is 0 Å². The Bertz CT molecular complexity index is 362. The molecular weight excluding hydrogens is 284 g/mol. The van der Waals surface area contributed by atoms with Gasteiger partial charge in [-0.3, -0.25) is 4.90 Å². The lowest BCUT2D eigenvalue weighted by atomic mass is 9.99. The Balaban J connectivity index is 2.02. The topological polar surface area (TPSA) is 15.3 Å². The third-order valence-electron chi connectivity index (χ3n) is 3.08. The molecule has 1 aliphatic rings. The van der Waals surface area contributed by atoms with Crippen LogP contribution in [0.15, 0.2) is 15.9 Å². The molecule has 1 unspecified atom stereocenters. The minimum absolute atomic E-state index is 0.237. The van der Waals surface area contributed by atoms with Gasteiger partial charge in [-0.05, 0) is 42.8 Å². The highest BCUT2D eigenvalue weighted by Crippen LogP contribution is 2.24. The number of piperazine rings is 1. The Kier molecular flexibility index (Phi) is 3.74. The van der Waals surface area contributed by atoms with Gasteiger partial charge in [0, 0.05) is 45.9 Å². The predicted octanol–water partition coefficient (Wildman–Crippen LogP) is 3.08. The Morgan fingerprint density at radius 1 is 1.62 bits per heavy atom. The molecule has 2 rings (SSSR count). The lowest BCUT2D eigenvalue weighted by molar-refractivity contribution is 0.0988. The number of hydrogen-bond acceptors (Lipinski definition) is 3. The lowest BCUT2D eigenvalue weighted by Crippen LogP contribution is -2.60. The average molecular weight is 303 g/mol. The summed E-state index contributed by atoms with van der Waals surface area (Å²) in [5, 5.41) is 5.74. The fraction of sp³-hybridized carbons (Fsp3) is 0.667. The van der Waals surface area contributed by atoms with Crippen LogP contribution >= 0.6 is 27.3 Å². The molecule has 0 spiro atoms. The average Bonchev–Trinajstić information content (AvgIpc) is 2.58. The third-order valence-corrected chi connectivity index (χ3v) is 4.76. The van der Waals surface area contributed by atoms with Gasteiger partial charge >= 0.3 is 0 Å². The fourth-order valence-corrected chi connectivity index (χ4v) is 3.60. The summed E-state index contributed by atoms with van der Waals surface area (Å²) in [5.41, 5.74) is 0.237. The Hall–Kier alpha value is 0.1000. The smallest absolute Gasteiger partial charge is 0.0332 e. The van der Waals surface area contributed by atoms with E-state index in [0.717, 1.165) is 19.6 Å². The van der Waals surface area contributed by atoms with Gasteiger partial charge in [0.15, 0.2) is 0 Å². The van der Waals surface area contributed by atoms with E-state index < -0.39 is 0 Å². The highest BCUT2D eigenvalue weighted by molar-refractivity contribution is 9.10. The minimum Gasteiger partial charge on any atom is -0.309 e. The maximum absolute atomic E-state index is 3.58. The molecule has 2 nitrogen and oxygen atoms in total. The molecule has 0 saturated carbocycles. The van der Waals surface area contributed by atoms with Gasteiger partial charge in [-0.25, -0.2) is 0 Å². The van der Waals surface area contributed by atoms with Gasteiger partial charge in [-0.2, -0.15) is 0 Å². The number of nitrogens with one attached hydrogen (secondary N) is 1. The van der Waals surface area contributed by atoms with Crippen LogP contribution in [0.4, 0.5) is 0 Å². The second-order valence-electron chi connectivity index (χ2n) is 5.25. The van der Waals surface area contributed by atoms with E-state index in [0.29, 0.717) is 6.04 Å². The molecule has 0 amide bonds.